The second-order valence-corrected chi connectivity index (χ2v) is 8.36. The fourth-order valence-electron chi connectivity index (χ4n) is 4.23. The molecule has 150 valence electrons. The highest BCUT2D eigenvalue weighted by Gasteiger charge is 2.43. The van der Waals surface area contributed by atoms with Crippen LogP contribution in [0, 0.1) is 0 Å². The summed E-state index contributed by atoms with van der Waals surface area (Å²) in [7, 11) is 1.70. The first-order valence-electron chi connectivity index (χ1n) is 9.70. The van der Waals surface area contributed by atoms with Gasteiger partial charge in [0.15, 0.2) is 0 Å². The van der Waals surface area contributed by atoms with Gasteiger partial charge in [-0.3, -0.25) is 9.69 Å². The standard InChI is InChI=1S/C20H24Cl2N4O2/c1-24-15-12-26(11-10-25-8-3-2-4-9-25)19(27)16(15)18(23-20(24)28)13-6-5-7-14(21)17(13)22/h5-7,18H,2-4,8-12H2,1H3,(H,23,28)/t18-/m0/s1. The summed E-state index contributed by atoms with van der Waals surface area (Å²) in [6, 6.07) is 4.45. The minimum atomic E-state index is -0.586. The van der Waals surface area contributed by atoms with Crippen LogP contribution >= 0.6 is 23.2 Å². The summed E-state index contributed by atoms with van der Waals surface area (Å²) in [4.78, 5) is 31.5. The number of likely N-dealkylation sites (N-methyl/N-ethyl adjacent to an activating group) is 1. The Balaban J connectivity index is 1.58. The van der Waals surface area contributed by atoms with Crippen molar-refractivity contribution in [3.63, 3.8) is 0 Å². The molecule has 0 radical (unpaired) electrons. The molecule has 0 spiro atoms. The molecule has 1 aromatic carbocycles. The molecule has 8 heteroatoms. The Bertz CT molecular complexity index is 835. The Morgan fingerprint density at radius 3 is 2.61 bits per heavy atom. The summed E-state index contributed by atoms with van der Waals surface area (Å²) in [6.07, 6.45) is 3.73. The Kier molecular flexibility index (Phi) is 5.54. The first-order valence-corrected chi connectivity index (χ1v) is 10.5. The lowest BCUT2D eigenvalue weighted by atomic mass is 9.95. The minimum absolute atomic E-state index is 0.0418. The van der Waals surface area contributed by atoms with E-state index in [1.165, 1.54) is 24.2 Å². The van der Waals surface area contributed by atoms with Crippen LogP contribution in [0.1, 0.15) is 30.9 Å². The fraction of sp³-hybridized carbons (Fsp3) is 0.500. The number of piperidine rings is 1. The third kappa shape index (κ3) is 3.49. The molecule has 1 N–H and O–H groups in total. The third-order valence-corrected chi connectivity index (χ3v) is 6.70. The average Bonchev–Trinajstić information content (AvgIpc) is 3.03. The van der Waals surface area contributed by atoms with E-state index in [4.69, 9.17) is 23.2 Å². The van der Waals surface area contributed by atoms with Crippen LogP contribution in [0.25, 0.3) is 0 Å². The van der Waals surface area contributed by atoms with Crippen LogP contribution < -0.4 is 5.32 Å². The molecule has 28 heavy (non-hydrogen) atoms. The molecule has 6 nitrogen and oxygen atoms in total. The van der Waals surface area contributed by atoms with Crippen LogP contribution in [0.5, 0.6) is 0 Å². The maximum absolute atomic E-state index is 13.2. The second-order valence-electron chi connectivity index (χ2n) is 7.57. The van der Waals surface area contributed by atoms with E-state index in [1.807, 2.05) is 4.90 Å². The Hall–Kier alpha value is -1.76. The SMILES string of the molecule is CN1C(=O)N[C@@H](c2cccc(Cl)c2Cl)C2=C1CN(CCN1CCCCC1)C2=O. The predicted molar refractivity (Wildman–Crippen MR) is 109 cm³/mol. The predicted octanol–water partition coefficient (Wildman–Crippen LogP) is 3.27. The maximum atomic E-state index is 13.2. The molecule has 1 aromatic rings. The maximum Gasteiger partial charge on any atom is 0.322 e. The van der Waals surface area contributed by atoms with Crippen molar-refractivity contribution in [3.8, 4) is 0 Å². The van der Waals surface area contributed by atoms with Gasteiger partial charge < -0.3 is 15.1 Å². The van der Waals surface area contributed by atoms with Gasteiger partial charge in [0.1, 0.15) is 0 Å². The normalized spacial score (nSPS) is 23.3. The monoisotopic (exact) mass is 422 g/mol. The van der Waals surface area contributed by atoms with Crippen molar-refractivity contribution < 1.29 is 9.59 Å². The van der Waals surface area contributed by atoms with E-state index in [9.17, 15) is 9.59 Å². The van der Waals surface area contributed by atoms with Crippen molar-refractivity contribution in [2.24, 2.45) is 0 Å². The van der Waals surface area contributed by atoms with Gasteiger partial charge in [0.25, 0.3) is 5.91 Å². The van der Waals surface area contributed by atoms with Crippen LogP contribution in [0.2, 0.25) is 10.0 Å². The number of halogens is 2. The van der Waals surface area contributed by atoms with Gasteiger partial charge in [-0.25, -0.2) is 4.79 Å². The number of hydrogen-bond donors (Lipinski definition) is 1. The average molecular weight is 423 g/mol. The quantitative estimate of drug-likeness (QED) is 0.809. The molecule has 0 aliphatic carbocycles. The van der Waals surface area contributed by atoms with E-state index in [0.29, 0.717) is 34.3 Å². The molecule has 3 heterocycles. The van der Waals surface area contributed by atoms with E-state index in [1.54, 1.807) is 25.2 Å². The molecule has 0 saturated carbocycles. The lowest BCUT2D eigenvalue weighted by molar-refractivity contribution is -0.126. The first-order chi connectivity index (χ1) is 13.5. The molecule has 1 fully saturated rings. The molecule has 3 amide bonds. The van der Waals surface area contributed by atoms with Crippen molar-refractivity contribution in [2.45, 2.75) is 25.3 Å². The van der Waals surface area contributed by atoms with Gasteiger partial charge >= 0.3 is 6.03 Å². The molecular formula is C20H24Cl2N4O2. The van der Waals surface area contributed by atoms with Crippen LogP contribution in [0.4, 0.5) is 4.79 Å². The van der Waals surface area contributed by atoms with Gasteiger partial charge in [0.05, 0.1) is 33.9 Å². The van der Waals surface area contributed by atoms with Gasteiger partial charge in [0.2, 0.25) is 0 Å². The summed E-state index contributed by atoms with van der Waals surface area (Å²) in [5.74, 6) is -0.0418. The number of nitrogens with zero attached hydrogens (tertiary/aromatic N) is 3. The zero-order valence-corrected chi connectivity index (χ0v) is 17.4. The minimum Gasteiger partial charge on any atom is -0.332 e. The van der Waals surface area contributed by atoms with E-state index in [-0.39, 0.29) is 11.9 Å². The topological polar surface area (TPSA) is 55.9 Å². The Morgan fingerprint density at radius 2 is 1.86 bits per heavy atom. The molecule has 1 atom stereocenters. The van der Waals surface area contributed by atoms with E-state index < -0.39 is 6.04 Å². The van der Waals surface area contributed by atoms with Crippen LogP contribution in [0.3, 0.4) is 0 Å². The second kappa shape index (κ2) is 7.93. The number of carbonyl (C=O) groups excluding carboxylic acids is 2. The van der Waals surface area contributed by atoms with Crippen molar-refractivity contribution in [3.05, 3.63) is 45.1 Å². The fourth-order valence-corrected chi connectivity index (χ4v) is 4.64. The number of rotatable bonds is 4. The molecule has 0 unspecified atom stereocenters. The number of urea groups is 1. The summed E-state index contributed by atoms with van der Waals surface area (Å²) >= 11 is 12.6. The van der Waals surface area contributed by atoms with Gasteiger partial charge in [-0.2, -0.15) is 0 Å². The molecule has 3 aliphatic rings. The highest BCUT2D eigenvalue weighted by molar-refractivity contribution is 6.42. The third-order valence-electron chi connectivity index (χ3n) is 5.86. The summed E-state index contributed by atoms with van der Waals surface area (Å²) in [6.45, 7) is 4.15. The smallest absolute Gasteiger partial charge is 0.322 e. The number of likely N-dealkylation sites (tertiary alicyclic amines) is 1. The largest absolute Gasteiger partial charge is 0.332 e. The van der Waals surface area contributed by atoms with E-state index in [0.717, 1.165) is 25.3 Å². The number of benzene rings is 1. The van der Waals surface area contributed by atoms with E-state index >= 15 is 0 Å². The zero-order valence-electron chi connectivity index (χ0n) is 15.9. The lowest BCUT2D eigenvalue weighted by Gasteiger charge is -2.31. The summed E-state index contributed by atoms with van der Waals surface area (Å²) in [5, 5.41) is 3.68. The Labute approximate surface area is 175 Å². The number of hydrogen-bond acceptors (Lipinski definition) is 3. The summed E-state index contributed by atoms with van der Waals surface area (Å²) in [5.41, 5.74) is 1.98. The molecule has 1 saturated heterocycles. The van der Waals surface area contributed by atoms with Gasteiger partial charge in [-0.1, -0.05) is 41.8 Å². The first kappa shape index (κ1) is 19.6. The van der Waals surface area contributed by atoms with Crippen molar-refractivity contribution in [1.82, 2.24) is 20.0 Å². The lowest BCUT2D eigenvalue weighted by Crippen LogP contribution is -2.45. The number of nitrogens with one attached hydrogen (secondary N) is 1. The van der Waals surface area contributed by atoms with Gasteiger partial charge in [-0.15, -0.1) is 0 Å². The van der Waals surface area contributed by atoms with Crippen molar-refractivity contribution >= 4 is 35.1 Å². The molecular weight excluding hydrogens is 399 g/mol. The summed E-state index contributed by atoms with van der Waals surface area (Å²) < 4.78 is 0. The molecule has 3 aliphatic heterocycles. The van der Waals surface area contributed by atoms with Crippen molar-refractivity contribution in [2.75, 3.05) is 39.8 Å². The molecule has 4 rings (SSSR count). The van der Waals surface area contributed by atoms with Crippen LogP contribution in [0.15, 0.2) is 29.5 Å². The van der Waals surface area contributed by atoms with Crippen LogP contribution in [-0.2, 0) is 4.79 Å². The van der Waals surface area contributed by atoms with Crippen molar-refractivity contribution in [1.29, 1.82) is 0 Å². The van der Waals surface area contributed by atoms with Gasteiger partial charge in [0, 0.05) is 20.1 Å². The number of carbonyl (C=O) groups is 2. The Morgan fingerprint density at radius 1 is 1.11 bits per heavy atom. The van der Waals surface area contributed by atoms with E-state index in [2.05, 4.69) is 10.2 Å². The van der Waals surface area contributed by atoms with Crippen LogP contribution in [-0.4, -0.2) is 66.4 Å². The highest BCUT2D eigenvalue weighted by Crippen LogP contribution is 2.39. The molecule has 0 aromatic heterocycles. The highest BCUT2D eigenvalue weighted by atomic mass is 35.5. The molecule has 0 bridgehead atoms. The van der Waals surface area contributed by atoms with Gasteiger partial charge in [-0.05, 0) is 37.6 Å². The number of amides is 3. The zero-order chi connectivity index (χ0) is 19.8.